The molecule has 1 amide bonds. The molecule has 0 saturated carbocycles. The summed E-state index contributed by atoms with van der Waals surface area (Å²) < 4.78 is 0. The molecule has 80 valence electrons. The van der Waals surface area contributed by atoms with Crippen LogP contribution in [0.5, 0.6) is 0 Å². The molecule has 3 N–H and O–H groups in total. The topological polar surface area (TPSA) is 104 Å². The summed E-state index contributed by atoms with van der Waals surface area (Å²) in [5.74, 6) is -3.45. The average molecular weight is 203 g/mol. The van der Waals surface area contributed by atoms with Crippen molar-refractivity contribution in [1.29, 1.82) is 0 Å². The Morgan fingerprint density at radius 1 is 1.21 bits per heavy atom. The number of carboxylic acids is 2. The third kappa shape index (κ3) is 4.44. The van der Waals surface area contributed by atoms with Gasteiger partial charge in [0.15, 0.2) is 0 Å². The highest BCUT2D eigenvalue weighted by atomic mass is 16.4. The number of amides is 1. The van der Waals surface area contributed by atoms with Crippen molar-refractivity contribution in [2.24, 2.45) is 5.92 Å². The van der Waals surface area contributed by atoms with Crippen LogP contribution in [0.1, 0.15) is 20.3 Å². The first-order chi connectivity index (χ1) is 6.34. The molecule has 0 aromatic heterocycles. The van der Waals surface area contributed by atoms with Gasteiger partial charge in [-0.25, -0.2) is 4.79 Å². The minimum Gasteiger partial charge on any atom is -0.481 e. The van der Waals surface area contributed by atoms with Crippen LogP contribution in [0.2, 0.25) is 0 Å². The average Bonchev–Trinajstić information content (AvgIpc) is 2.01. The fourth-order valence-corrected chi connectivity index (χ4v) is 0.713. The first-order valence-electron chi connectivity index (χ1n) is 4.09. The molecule has 6 heteroatoms. The SMILES string of the molecule is CC(C)C(=O)N[C@H](CC(=O)O)C(=O)O. The van der Waals surface area contributed by atoms with Crippen molar-refractivity contribution in [1.82, 2.24) is 5.32 Å². The van der Waals surface area contributed by atoms with Gasteiger partial charge in [0.1, 0.15) is 6.04 Å². The van der Waals surface area contributed by atoms with Crippen molar-refractivity contribution >= 4 is 17.8 Å². The number of hydrogen-bond acceptors (Lipinski definition) is 3. The number of rotatable bonds is 5. The van der Waals surface area contributed by atoms with E-state index in [1.165, 1.54) is 0 Å². The molecule has 0 fully saturated rings. The van der Waals surface area contributed by atoms with Crippen LogP contribution >= 0.6 is 0 Å². The van der Waals surface area contributed by atoms with Gasteiger partial charge in [-0.15, -0.1) is 0 Å². The molecule has 14 heavy (non-hydrogen) atoms. The van der Waals surface area contributed by atoms with Crippen molar-refractivity contribution in [3.63, 3.8) is 0 Å². The second-order valence-corrected chi connectivity index (χ2v) is 3.15. The maximum atomic E-state index is 11.1. The second-order valence-electron chi connectivity index (χ2n) is 3.15. The summed E-state index contributed by atoms with van der Waals surface area (Å²) >= 11 is 0. The summed E-state index contributed by atoms with van der Waals surface area (Å²) in [6.45, 7) is 3.18. The summed E-state index contributed by atoms with van der Waals surface area (Å²) in [5.41, 5.74) is 0. The zero-order valence-corrected chi connectivity index (χ0v) is 7.98. The summed E-state index contributed by atoms with van der Waals surface area (Å²) in [6.07, 6.45) is -0.617. The van der Waals surface area contributed by atoms with Crippen molar-refractivity contribution < 1.29 is 24.6 Å². The summed E-state index contributed by atoms with van der Waals surface area (Å²) in [5, 5.41) is 19.1. The monoisotopic (exact) mass is 203 g/mol. The molecule has 0 radical (unpaired) electrons. The van der Waals surface area contributed by atoms with Gasteiger partial charge in [-0.2, -0.15) is 0 Å². The standard InChI is InChI=1S/C8H13NO5/c1-4(2)7(12)9-5(8(13)14)3-6(10)11/h4-5H,3H2,1-2H3,(H,9,12)(H,10,11)(H,13,14)/t5-/m1/s1. The van der Waals surface area contributed by atoms with E-state index in [0.717, 1.165) is 0 Å². The second kappa shape index (κ2) is 5.21. The van der Waals surface area contributed by atoms with E-state index in [2.05, 4.69) is 5.32 Å². The lowest BCUT2D eigenvalue weighted by molar-refractivity contribution is -0.147. The van der Waals surface area contributed by atoms with Gasteiger partial charge in [-0.1, -0.05) is 13.8 Å². The Hall–Kier alpha value is -1.59. The molecule has 0 aliphatic rings. The zero-order chi connectivity index (χ0) is 11.3. The molecule has 0 saturated heterocycles. The number of nitrogens with one attached hydrogen (secondary N) is 1. The molecule has 0 aliphatic carbocycles. The molecule has 0 rings (SSSR count). The number of carbonyl (C=O) groups is 3. The number of hydrogen-bond donors (Lipinski definition) is 3. The van der Waals surface area contributed by atoms with E-state index in [4.69, 9.17) is 10.2 Å². The fraction of sp³-hybridized carbons (Fsp3) is 0.625. The predicted molar refractivity (Wildman–Crippen MR) is 46.7 cm³/mol. The van der Waals surface area contributed by atoms with E-state index in [1.807, 2.05) is 0 Å². The lowest BCUT2D eigenvalue weighted by Crippen LogP contribution is -2.43. The number of aliphatic carboxylic acids is 2. The van der Waals surface area contributed by atoms with E-state index < -0.39 is 30.3 Å². The predicted octanol–water partition coefficient (Wildman–Crippen LogP) is -0.313. The van der Waals surface area contributed by atoms with Gasteiger partial charge in [0.05, 0.1) is 6.42 Å². The third-order valence-electron chi connectivity index (χ3n) is 1.52. The van der Waals surface area contributed by atoms with Crippen LogP contribution in [-0.2, 0) is 14.4 Å². The highest BCUT2D eigenvalue weighted by molar-refractivity contribution is 5.87. The zero-order valence-electron chi connectivity index (χ0n) is 7.98. The van der Waals surface area contributed by atoms with Crippen LogP contribution in [0, 0.1) is 5.92 Å². The molecule has 6 nitrogen and oxygen atoms in total. The first-order valence-corrected chi connectivity index (χ1v) is 4.09. The highest BCUT2D eigenvalue weighted by Gasteiger charge is 2.23. The minimum absolute atomic E-state index is 0.370. The van der Waals surface area contributed by atoms with E-state index in [1.54, 1.807) is 13.8 Å². The molecule has 1 atom stereocenters. The third-order valence-corrected chi connectivity index (χ3v) is 1.52. The van der Waals surface area contributed by atoms with Gasteiger partial charge in [0, 0.05) is 5.92 Å². The van der Waals surface area contributed by atoms with Gasteiger partial charge in [0.2, 0.25) is 5.91 Å². The van der Waals surface area contributed by atoms with Crippen molar-refractivity contribution in [3.05, 3.63) is 0 Å². The highest BCUT2D eigenvalue weighted by Crippen LogP contribution is 1.97. The first kappa shape index (κ1) is 12.4. The molecule has 0 unspecified atom stereocenters. The Bertz CT molecular complexity index is 248. The maximum absolute atomic E-state index is 11.1. The van der Waals surface area contributed by atoms with Crippen molar-refractivity contribution in [2.75, 3.05) is 0 Å². The Labute approximate surface area is 80.9 Å². The minimum atomic E-state index is -1.36. The van der Waals surface area contributed by atoms with Crippen LogP contribution in [-0.4, -0.2) is 34.1 Å². The van der Waals surface area contributed by atoms with E-state index in [0.29, 0.717) is 0 Å². The molecular formula is C8H13NO5. The Morgan fingerprint density at radius 2 is 1.71 bits per heavy atom. The van der Waals surface area contributed by atoms with Crippen LogP contribution in [0.3, 0.4) is 0 Å². The lowest BCUT2D eigenvalue weighted by Gasteiger charge is -2.13. The molecular weight excluding hydrogens is 190 g/mol. The van der Waals surface area contributed by atoms with Gasteiger partial charge >= 0.3 is 11.9 Å². The summed E-state index contributed by atoms with van der Waals surface area (Å²) in [7, 11) is 0. The Morgan fingerprint density at radius 3 is 2.00 bits per heavy atom. The van der Waals surface area contributed by atoms with E-state index in [9.17, 15) is 14.4 Å². The number of carbonyl (C=O) groups excluding carboxylic acids is 1. The molecule has 0 heterocycles. The van der Waals surface area contributed by atoms with Crippen molar-refractivity contribution in [3.8, 4) is 0 Å². The van der Waals surface area contributed by atoms with Crippen LogP contribution in [0.4, 0.5) is 0 Å². The smallest absolute Gasteiger partial charge is 0.326 e. The number of carboxylic acid groups (broad SMARTS) is 2. The quantitative estimate of drug-likeness (QED) is 0.568. The molecule has 0 aromatic rings. The summed E-state index contributed by atoms with van der Waals surface area (Å²) in [6, 6.07) is -1.36. The largest absolute Gasteiger partial charge is 0.481 e. The Kier molecular flexibility index (Phi) is 4.62. The van der Waals surface area contributed by atoms with Crippen LogP contribution < -0.4 is 5.32 Å². The van der Waals surface area contributed by atoms with Gasteiger partial charge in [-0.05, 0) is 0 Å². The molecule has 0 aromatic carbocycles. The van der Waals surface area contributed by atoms with Crippen LogP contribution in [0.15, 0.2) is 0 Å². The normalized spacial score (nSPS) is 12.2. The van der Waals surface area contributed by atoms with E-state index in [-0.39, 0.29) is 5.92 Å². The van der Waals surface area contributed by atoms with Gasteiger partial charge in [-0.3, -0.25) is 9.59 Å². The van der Waals surface area contributed by atoms with Gasteiger partial charge in [0.25, 0.3) is 0 Å². The molecule has 0 aliphatic heterocycles. The van der Waals surface area contributed by atoms with Gasteiger partial charge < -0.3 is 15.5 Å². The molecule has 0 bridgehead atoms. The molecule has 0 spiro atoms. The van der Waals surface area contributed by atoms with E-state index >= 15 is 0 Å². The summed E-state index contributed by atoms with van der Waals surface area (Å²) in [4.78, 5) is 31.8. The van der Waals surface area contributed by atoms with Crippen molar-refractivity contribution in [2.45, 2.75) is 26.3 Å². The van der Waals surface area contributed by atoms with Crippen LogP contribution in [0.25, 0.3) is 0 Å². The fourth-order valence-electron chi connectivity index (χ4n) is 0.713. The maximum Gasteiger partial charge on any atom is 0.326 e. The lowest BCUT2D eigenvalue weighted by atomic mass is 10.1. The Balaban J connectivity index is 4.31.